The van der Waals surface area contributed by atoms with Gasteiger partial charge in [0.1, 0.15) is 11.9 Å². The summed E-state index contributed by atoms with van der Waals surface area (Å²) >= 11 is 0. The van der Waals surface area contributed by atoms with Gasteiger partial charge < -0.3 is 14.5 Å². The topological polar surface area (TPSA) is 49.9 Å². The molecule has 2 heterocycles. The van der Waals surface area contributed by atoms with Gasteiger partial charge in [0.15, 0.2) is 0 Å². The fourth-order valence-corrected chi connectivity index (χ4v) is 3.69. The van der Waals surface area contributed by atoms with Crippen LogP contribution in [0.1, 0.15) is 25.7 Å². The molecule has 1 aromatic carbocycles. The number of carbonyl (C=O) groups excluding carboxylic acids is 2. The number of ether oxygens (including phenoxy) is 1. The maximum absolute atomic E-state index is 12.8. The average Bonchev–Trinajstić information content (AvgIpc) is 2.67. The van der Waals surface area contributed by atoms with Gasteiger partial charge in [0.25, 0.3) is 0 Å². The fraction of sp³-hybridized carbons (Fsp3) is 0.579. The second-order valence-electron chi connectivity index (χ2n) is 7.04. The molecule has 2 aliphatic rings. The average molecular weight is 384 g/mol. The summed E-state index contributed by atoms with van der Waals surface area (Å²) in [7, 11) is 0. The van der Waals surface area contributed by atoms with Gasteiger partial charge in [-0.1, -0.05) is 18.2 Å². The number of carbonyl (C=O) groups is 2. The van der Waals surface area contributed by atoms with Gasteiger partial charge >= 0.3 is 12.1 Å². The van der Waals surface area contributed by atoms with E-state index >= 15 is 0 Å². The highest BCUT2D eigenvalue weighted by atomic mass is 19.4. The Bertz CT molecular complexity index is 658. The Balaban J connectivity index is 1.51. The Morgan fingerprint density at radius 1 is 0.963 bits per heavy atom. The van der Waals surface area contributed by atoms with Crippen LogP contribution in [0.15, 0.2) is 30.3 Å². The van der Waals surface area contributed by atoms with Crippen LogP contribution in [0.3, 0.4) is 0 Å². The summed E-state index contributed by atoms with van der Waals surface area (Å²) in [4.78, 5) is 26.6. The van der Waals surface area contributed by atoms with Crippen LogP contribution in [0, 0.1) is 5.92 Å². The zero-order valence-corrected chi connectivity index (χ0v) is 15.0. The Morgan fingerprint density at radius 3 is 2.26 bits per heavy atom. The van der Waals surface area contributed by atoms with Gasteiger partial charge in [-0.15, -0.1) is 0 Å². The van der Waals surface area contributed by atoms with Crippen molar-refractivity contribution in [1.82, 2.24) is 9.80 Å². The van der Waals surface area contributed by atoms with E-state index < -0.39 is 12.1 Å². The molecule has 0 N–H and O–H groups in total. The Hall–Kier alpha value is -2.25. The number of amides is 2. The van der Waals surface area contributed by atoms with Gasteiger partial charge in [0.05, 0.1) is 6.54 Å². The lowest BCUT2D eigenvalue weighted by Gasteiger charge is -2.37. The van der Waals surface area contributed by atoms with Gasteiger partial charge in [-0.2, -0.15) is 13.2 Å². The van der Waals surface area contributed by atoms with Crippen molar-refractivity contribution in [3.63, 3.8) is 0 Å². The second-order valence-corrected chi connectivity index (χ2v) is 7.04. The summed E-state index contributed by atoms with van der Waals surface area (Å²) in [5.41, 5.74) is 0. The van der Waals surface area contributed by atoms with Crippen molar-refractivity contribution in [3.8, 4) is 5.75 Å². The van der Waals surface area contributed by atoms with Crippen LogP contribution in [0.4, 0.5) is 13.2 Å². The molecule has 2 saturated heterocycles. The highest BCUT2D eigenvalue weighted by Gasteiger charge is 2.44. The number of benzene rings is 1. The van der Waals surface area contributed by atoms with E-state index in [2.05, 4.69) is 0 Å². The molecular weight excluding hydrogens is 361 g/mol. The predicted octanol–water partition coefficient (Wildman–Crippen LogP) is 2.86. The van der Waals surface area contributed by atoms with E-state index in [9.17, 15) is 22.8 Å². The minimum Gasteiger partial charge on any atom is -0.489 e. The molecule has 8 heteroatoms. The van der Waals surface area contributed by atoms with Crippen LogP contribution in [0.2, 0.25) is 0 Å². The number of piperidine rings is 2. The molecule has 0 saturated carbocycles. The minimum atomic E-state index is -4.86. The lowest BCUT2D eigenvalue weighted by molar-refractivity contribution is -0.187. The normalized spacial score (nSPS) is 21.8. The molecule has 0 aliphatic carbocycles. The number of nitrogens with zero attached hydrogens (tertiary/aromatic N) is 2. The van der Waals surface area contributed by atoms with Crippen molar-refractivity contribution < 1.29 is 27.5 Å². The number of hydrogen-bond acceptors (Lipinski definition) is 3. The van der Waals surface area contributed by atoms with Crippen molar-refractivity contribution in [2.24, 2.45) is 5.92 Å². The van der Waals surface area contributed by atoms with Crippen LogP contribution >= 0.6 is 0 Å². The molecule has 0 radical (unpaired) electrons. The third-order valence-corrected chi connectivity index (χ3v) is 5.11. The molecule has 1 atom stereocenters. The van der Waals surface area contributed by atoms with Gasteiger partial charge in [-0.3, -0.25) is 9.59 Å². The molecule has 27 heavy (non-hydrogen) atoms. The van der Waals surface area contributed by atoms with E-state index in [1.165, 1.54) is 0 Å². The van der Waals surface area contributed by atoms with Crippen molar-refractivity contribution in [1.29, 1.82) is 0 Å². The molecular formula is C19H23F3N2O3. The molecule has 148 valence electrons. The van der Waals surface area contributed by atoms with E-state index in [1.54, 1.807) is 4.90 Å². The monoisotopic (exact) mass is 384 g/mol. The molecule has 2 fully saturated rings. The number of halogens is 3. The zero-order valence-electron chi connectivity index (χ0n) is 15.0. The van der Waals surface area contributed by atoms with E-state index in [0.29, 0.717) is 13.1 Å². The molecule has 2 aliphatic heterocycles. The molecule has 0 spiro atoms. The zero-order chi connectivity index (χ0) is 19.4. The molecule has 5 nitrogen and oxygen atoms in total. The number of rotatable bonds is 3. The summed E-state index contributed by atoms with van der Waals surface area (Å²) in [5.74, 6) is -1.44. The lowest BCUT2D eigenvalue weighted by atomic mass is 9.94. The summed E-state index contributed by atoms with van der Waals surface area (Å²) in [5, 5.41) is 0. The minimum absolute atomic E-state index is 0.0352. The van der Waals surface area contributed by atoms with E-state index in [0.717, 1.165) is 23.5 Å². The molecule has 1 unspecified atom stereocenters. The largest absolute Gasteiger partial charge is 0.489 e. The molecule has 1 aromatic rings. The Morgan fingerprint density at radius 2 is 1.63 bits per heavy atom. The van der Waals surface area contributed by atoms with E-state index in [1.807, 2.05) is 30.3 Å². The SMILES string of the molecule is O=C(C1CCN(C(=O)C(F)(F)F)CC1)N1CCCC(Oc2ccccc2)C1. The van der Waals surface area contributed by atoms with Gasteiger partial charge in [-0.25, -0.2) is 0 Å². The maximum atomic E-state index is 12.8. The number of hydrogen-bond donors (Lipinski definition) is 0. The van der Waals surface area contributed by atoms with Crippen molar-refractivity contribution in [3.05, 3.63) is 30.3 Å². The predicted molar refractivity (Wildman–Crippen MR) is 92.0 cm³/mol. The smallest absolute Gasteiger partial charge is 0.471 e. The molecule has 0 aromatic heterocycles. The van der Waals surface area contributed by atoms with Gasteiger partial charge in [-0.05, 0) is 37.8 Å². The summed E-state index contributed by atoms with van der Waals surface area (Å²) in [6.07, 6.45) is -2.72. The quantitative estimate of drug-likeness (QED) is 0.805. The second kappa shape index (κ2) is 8.19. The highest BCUT2D eigenvalue weighted by Crippen LogP contribution is 2.26. The lowest BCUT2D eigenvalue weighted by Crippen LogP contribution is -2.50. The van der Waals surface area contributed by atoms with E-state index in [4.69, 9.17) is 4.74 Å². The van der Waals surface area contributed by atoms with Crippen LogP contribution in [-0.2, 0) is 9.59 Å². The van der Waals surface area contributed by atoms with Gasteiger partial charge in [0.2, 0.25) is 5.91 Å². The molecule has 2 amide bonds. The Kier molecular flexibility index (Phi) is 5.92. The van der Waals surface area contributed by atoms with Crippen molar-refractivity contribution in [2.45, 2.75) is 38.0 Å². The third-order valence-electron chi connectivity index (χ3n) is 5.11. The fourth-order valence-electron chi connectivity index (χ4n) is 3.69. The van der Waals surface area contributed by atoms with Crippen molar-refractivity contribution in [2.75, 3.05) is 26.2 Å². The first-order chi connectivity index (χ1) is 12.8. The van der Waals surface area contributed by atoms with Crippen LogP contribution in [0.25, 0.3) is 0 Å². The highest BCUT2D eigenvalue weighted by molar-refractivity contribution is 5.83. The van der Waals surface area contributed by atoms with Crippen LogP contribution < -0.4 is 4.74 Å². The summed E-state index contributed by atoms with van der Waals surface area (Å²) in [6, 6.07) is 9.41. The molecule has 0 bridgehead atoms. The van der Waals surface area contributed by atoms with Crippen molar-refractivity contribution >= 4 is 11.8 Å². The van der Waals surface area contributed by atoms with Gasteiger partial charge in [0, 0.05) is 25.6 Å². The first kappa shape index (κ1) is 19.5. The third kappa shape index (κ3) is 4.93. The van der Waals surface area contributed by atoms with Crippen LogP contribution in [0.5, 0.6) is 5.75 Å². The maximum Gasteiger partial charge on any atom is 0.471 e. The van der Waals surface area contributed by atoms with E-state index in [-0.39, 0.29) is 43.9 Å². The summed E-state index contributed by atoms with van der Waals surface area (Å²) < 4.78 is 43.5. The number of likely N-dealkylation sites (tertiary alicyclic amines) is 2. The standard InChI is InChI=1S/C19H23F3N2O3/c20-19(21,22)18(26)23-11-8-14(9-12-23)17(25)24-10-4-7-16(13-24)27-15-5-2-1-3-6-15/h1-3,5-6,14,16H,4,7-13H2. The summed E-state index contributed by atoms with van der Waals surface area (Å²) in [6.45, 7) is 1.05. The number of para-hydroxylation sites is 1. The first-order valence-electron chi connectivity index (χ1n) is 9.21. The Labute approximate surface area is 156 Å². The number of alkyl halides is 3. The molecule has 3 rings (SSSR count). The first-order valence-corrected chi connectivity index (χ1v) is 9.21. The van der Waals surface area contributed by atoms with Crippen LogP contribution in [-0.4, -0.2) is 60.1 Å².